The van der Waals surface area contributed by atoms with E-state index in [1.54, 1.807) is 6.92 Å². The van der Waals surface area contributed by atoms with Crippen LogP contribution in [0.25, 0.3) is 0 Å². The Bertz CT molecular complexity index is 516. The maximum Gasteiger partial charge on any atom is 0.330 e. The maximum absolute atomic E-state index is 11.6. The largest absolute Gasteiger partial charge is 0.463 e. The topological polar surface area (TPSA) is 74.2 Å². The smallest absolute Gasteiger partial charge is 0.330 e. The van der Waals surface area contributed by atoms with Crippen molar-refractivity contribution < 1.29 is 28.8 Å². The molecule has 0 aromatic carbocycles. The zero-order chi connectivity index (χ0) is 17.5. The van der Waals surface area contributed by atoms with Gasteiger partial charge < -0.3 is 24.1 Å². The van der Waals surface area contributed by atoms with Crippen LogP contribution in [0.1, 0.15) is 40.5 Å². The van der Waals surface area contributed by atoms with E-state index in [4.69, 9.17) is 18.9 Å². The molecule has 6 atom stereocenters. The fourth-order valence-electron chi connectivity index (χ4n) is 4.32. The molecule has 0 radical (unpaired) electrons. The van der Waals surface area contributed by atoms with Gasteiger partial charge in [-0.1, -0.05) is 13.0 Å². The number of fused-ring (bicyclic) bond motifs is 3. The van der Waals surface area contributed by atoms with Gasteiger partial charge in [-0.3, -0.25) is 0 Å². The van der Waals surface area contributed by atoms with E-state index < -0.39 is 5.79 Å². The fourth-order valence-corrected chi connectivity index (χ4v) is 4.32. The molecular weight excluding hydrogens is 312 g/mol. The molecule has 3 rings (SSSR count). The normalized spacial score (nSPS) is 43.6. The molecule has 1 aliphatic carbocycles. The van der Waals surface area contributed by atoms with E-state index in [9.17, 15) is 9.90 Å². The van der Waals surface area contributed by atoms with Crippen LogP contribution in [0, 0.1) is 17.3 Å². The van der Waals surface area contributed by atoms with Gasteiger partial charge in [0.1, 0.15) is 6.10 Å². The zero-order valence-corrected chi connectivity index (χ0v) is 14.9. The van der Waals surface area contributed by atoms with Gasteiger partial charge in [-0.05, 0) is 39.0 Å². The summed E-state index contributed by atoms with van der Waals surface area (Å²) in [7, 11) is 0. The summed E-state index contributed by atoms with van der Waals surface area (Å²) in [6.07, 6.45) is 4.51. The molecule has 0 bridgehead atoms. The Labute approximate surface area is 143 Å². The third-order valence-electron chi connectivity index (χ3n) is 5.57. The monoisotopic (exact) mass is 340 g/mol. The van der Waals surface area contributed by atoms with Crippen molar-refractivity contribution in [2.45, 2.75) is 64.8 Å². The molecule has 0 aromatic rings. The SMILES string of the molecule is CCOC(=O)/C=C/[C@]1(C)CC[C@H]2[C@H]3OC(C)(C)O[C@H]3O[C@@H]2[C@@H]1CO. The molecule has 2 heterocycles. The van der Waals surface area contributed by atoms with E-state index in [0.29, 0.717) is 6.61 Å². The third kappa shape index (κ3) is 3.12. The molecule has 2 saturated heterocycles. The van der Waals surface area contributed by atoms with Crippen LogP contribution in [-0.4, -0.2) is 48.6 Å². The lowest BCUT2D eigenvalue weighted by Gasteiger charge is -2.45. The molecular formula is C18H28O6. The number of hydrogen-bond donors (Lipinski definition) is 1. The number of carbonyl (C=O) groups excluding carboxylic acids is 1. The zero-order valence-electron chi connectivity index (χ0n) is 14.9. The van der Waals surface area contributed by atoms with E-state index in [1.165, 1.54) is 6.08 Å². The molecule has 6 heteroatoms. The van der Waals surface area contributed by atoms with Crippen LogP contribution < -0.4 is 0 Å². The van der Waals surface area contributed by atoms with Crippen molar-refractivity contribution in [3.8, 4) is 0 Å². The van der Waals surface area contributed by atoms with Gasteiger partial charge in [-0.25, -0.2) is 4.79 Å². The lowest BCUT2D eigenvalue weighted by Crippen LogP contribution is -2.47. The van der Waals surface area contributed by atoms with Crippen molar-refractivity contribution in [1.82, 2.24) is 0 Å². The Morgan fingerprint density at radius 1 is 1.29 bits per heavy atom. The van der Waals surface area contributed by atoms with Gasteiger partial charge in [-0.15, -0.1) is 0 Å². The summed E-state index contributed by atoms with van der Waals surface area (Å²) in [5.41, 5.74) is -0.323. The van der Waals surface area contributed by atoms with E-state index in [2.05, 4.69) is 6.92 Å². The minimum Gasteiger partial charge on any atom is -0.463 e. The third-order valence-corrected chi connectivity index (χ3v) is 5.57. The number of carbonyl (C=O) groups is 1. The van der Waals surface area contributed by atoms with Crippen LogP contribution >= 0.6 is 0 Å². The first-order valence-corrected chi connectivity index (χ1v) is 8.77. The molecule has 0 unspecified atom stereocenters. The second-order valence-corrected chi connectivity index (χ2v) is 7.65. The molecule has 3 aliphatic rings. The molecule has 2 aliphatic heterocycles. The van der Waals surface area contributed by atoms with Crippen molar-refractivity contribution >= 4 is 5.97 Å². The molecule has 0 spiro atoms. The Balaban J connectivity index is 1.75. The lowest BCUT2D eigenvalue weighted by molar-refractivity contribution is -0.226. The summed E-state index contributed by atoms with van der Waals surface area (Å²) in [6, 6.07) is 0. The van der Waals surface area contributed by atoms with Crippen molar-refractivity contribution in [3.05, 3.63) is 12.2 Å². The number of aliphatic hydroxyl groups excluding tert-OH is 1. The van der Waals surface area contributed by atoms with Gasteiger partial charge in [0.05, 0.1) is 12.7 Å². The molecule has 0 amide bonds. The average Bonchev–Trinajstić information content (AvgIpc) is 2.97. The lowest BCUT2D eigenvalue weighted by atomic mass is 9.62. The van der Waals surface area contributed by atoms with E-state index in [0.717, 1.165) is 12.8 Å². The summed E-state index contributed by atoms with van der Waals surface area (Å²) in [6.45, 7) is 7.97. The number of rotatable bonds is 4. The second-order valence-electron chi connectivity index (χ2n) is 7.65. The summed E-state index contributed by atoms with van der Waals surface area (Å²) in [4.78, 5) is 11.6. The number of aliphatic hydroxyl groups is 1. The van der Waals surface area contributed by atoms with Gasteiger partial charge in [0.15, 0.2) is 12.1 Å². The van der Waals surface area contributed by atoms with Crippen molar-refractivity contribution in [1.29, 1.82) is 0 Å². The Kier molecular flexibility index (Phi) is 4.77. The van der Waals surface area contributed by atoms with Gasteiger partial charge in [0.25, 0.3) is 0 Å². The summed E-state index contributed by atoms with van der Waals surface area (Å²) >= 11 is 0. The van der Waals surface area contributed by atoms with Gasteiger partial charge in [-0.2, -0.15) is 0 Å². The highest BCUT2D eigenvalue weighted by Gasteiger charge is 2.60. The average molecular weight is 340 g/mol. The van der Waals surface area contributed by atoms with Gasteiger partial charge >= 0.3 is 5.97 Å². The van der Waals surface area contributed by atoms with Crippen molar-refractivity contribution in [3.63, 3.8) is 0 Å². The quantitative estimate of drug-likeness (QED) is 0.623. The molecule has 6 nitrogen and oxygen atoms in total. The van der Waals surface area contributed by atoms with Crippen molar-refractivity contribution in [2.24, 2.45) is 17.3 Å². The Hall–Kier alpha value is -0.950. The van der Waals surface area contributed by atoms with Crippen molar-refractivity contribution in [2.75, 3.05) is 13.2 Å². The highest BCUT2D eigenvalue weighted by Crippen LogP contribution is 2.53. The van der Waals surface area contributed by atoms with E-state index in [-0.39, 0.29) is 48.3 Å². The summed E-state index contributed by atoms with van der Waals surface area (Å²) < 4.78 is 22.9. The standard InChI is InChI=1S/C18H28O6/c1-5-21-13(20)7-9-18(4)8-6-11-14(12(18)10-19)22-16-15(11)23-17(2,3)24-16/h7,9,11-12,14-16,19H,5-6,8,10H2,1-4H3/b9-7+/t11-,12+,14+,15-,16-,18+/m1/s1. The predicted molar refractivity (Wildman–Crippen MR) is 85.9 cm³/mol. The number of allylic oxidation sites excluding steroid dienone is 1. The first kappa shape index (κ1) is 17.9. The fraction of sp³-hybridized carbons (Fsp3) is 0.833. The summed E-state index contributed by atoms with van der Waals surface area (Å²) in [5, 5.41) is 10.00. The van der Waals surface area contributed by atoms with Crippen LogP contribution in [0.5, 0.6) is 0 Å². The Morgan fingerprint density at radius 3 is 2.71 bits per heavy atom. The maximum atomic E-state index is 11.6. The van der Waals surface area contributed by atoms with E-state index in [1.807, 2.05) is 19.9 Å². The first-order chi connectivity index (χ1) is 11.3. The number of esters is 1. The van der Waals surface area contributed by atoms with Crippen LogP contribution in [0.2, 0.25) is 0 Å². The van der Waals surface area contributed by atoms with E-state index >= 15 is 0 Å². The first-order valence-electron chi connectivity index (χ1n) is 8.77. The predicted octanol–water partition coefficient (Wildman–Crippen LogP) is 2.01. The van der Waals surface area contributed by atoms with Crippen LogP contribution in [0.4, 0.5) is 0 Å². The highest BCUT2D eigenvalue weighted by atomic mass is 16.8. The molecule has 1 N–H and O–H groups in total. The molecule has 0 aromatic heterocycles. The highest BCUT2D eigenvalue weighted by molar-refractivity contribution is 5.82. The molecule has 3 fully saturated rings. The van der Waals surface area contributed by atoms with Gasteiger partial charge in [0.2, 0.25) is 0 Å². The van der Waals surface area contributed by atoms with Crippen LogP contribution in [0.15, 0.2) is 12.2 Å². The van der Waals surface area contributed by atoms with Crippen LogP contribution in [0.3, 0.4) is 0 Å². The van der Waals surface area contributed by atoms with Gasteiger partial charge in [0, 0.05) is 24.5 Å². The molecule has 136 valence electrons. The Morgan fingerprint density at radius 2 is 2.04 bits per heavy atom. The molecule has 1 saturated carbocycles. The second kappa shape index (κ2) is 6.41. The molecule has 24 heavy (non-hydrogen) atoms. The number of hydrogen-bond acceptors (Lipinski definition) is 6. The minimum absolute atomic E-state index is 0.00628. The van der Waals surface area contributed by atoms with Crippen LogP contribution in [-0.2, 0) is 23.7 Å². The number of ether oxygens (including phenoxy) is 4. The summed E-state index contributed by atoms with van der Waals surface area (Å²) in [5.74, 6) is -0.879. The minimum atomic E-state index is -0.625.